The van der Waals surface area contributed by atoms with E-state index in [-0.39, 0.29) is 5.41 Å². The van der Waals surface area contributed by atoms with Crippen molar-refractivity contribution in [3.8, 4) is 0 Å². The quantitative estimate of drug-likeness (QED) is 0.656. The Morgan fingerprint density at radius 1 is 0.970 bits per heavy atom. The number of carboxylic acids is 2. The monoisotopic (exact) mass is 487 g/mol. The zero-order chi connectivity index (χ0) is 24.8. The molecule has 2 aromatic rings. The number of rotatable bonds is 5. The van der Waals surface area contributed by atoms with Crippen LogP contribution in [0.15, 0.2) is 29.6 Å². The summed E-state index contributed by atoms with van der Waals surface area (Å²) in [6, 6.07) is 7.20. The van der Waals surface area contributed by atoms with Gasteiger partial charge in [0.1, 0.15) is 0 Å². The fourth-order valence-corrected chi connectivity index (χ4v) is 3.97. The highest BCUT2D eigenvalue weighted by molar-refractivity contribution is 7.09. The first-order chi connectivity index (χ1) is 15.3. The van der Waals surface area contributed by atoms with Crippen molar-refractivity contribution in [2.24, 2.45) is 0 Å². The van der Waals surface area contributed by atoms with E-state index < -0.39 is 18.1 Å². The Balaban J connectivity index is 0.000000479. The Morgan fingerprint density at radius 3 is 1.85 bits per heavy atom. The first kappa shape index (κ1) is 26.7. The summed E-state index contributed by atoms with van der Waals surface area (Å²) in [5, 5.41) is 19.5. The second kappa shape index (κ2) is 11.1. The highest BCUT2D eigenvalue weighted by Crippen LogP contribution is 2.26. The van der Waals surface area contributed by atoms with Gasteiger partial charge in [-0.15, -0.1) is 11.3 Å². The number of aliphatic carboxylic acids is 1. The molecule has 0 spiro atoms. The molecule has 182 valence electrons. The van der Waals surface area contributed by atoms with Crippen molar-refractivity contribution in [3.63, 3.8) is 0 Å². The smallest absolute Gasteiger partial charge is 0.478 e. The van der Waals surface area contributed by atoms with E-state index in [1.807, 2.05) is 12.1 Å². The van der Waals surface area contributed by atoms with Crippen molar-refractivity contribution in [2.45, 2.75) is 45.5 Å². The van der Waals surface area contributed by atoms with E-state index in [4.69, 9.17) is 20.0 Å². The number of nitrogens with zero attached hydrogens (tertiary/aromatic N) is 3. The van der Waals surface area contributed by atoms with E-state index in [1.165, 1.54) is 10.7 Å². The molecule has 3 rings (SSSR count). The van der Waals surface area contributed by atoms with Crippen LogP contribution < -0.4 is 0 Å². The standard InChI is InChI=1S/C20H27N3O2S.C2HF3O2/c1-20(2,3)19-21-17(14-26-19)13-23-10-8-22(9-11-23)12-15-4-6-16(7-5-15)18(24)25;3-2(4,5)1(6)7/h4-7,14H,8-13H2,1-3H3,(H,24,25);(H,6,7). The average molecular weight is 488 g/mol. The molecule has 11 heteroatoms. The number of hydrogen-bond donors (Lipinski definition) is 2. The Morgan fingerprint density at radius 2 is 1.45 bits per heavy atom. The summed E-state index contributed by atoms with van der Waals surface area (Å²) in [7, 11) is 0. The summed E-state index contributed by atoms with van der Waals surface area (Å²) in [4.78, 5) is 29.5. The lowest BCUT2D eigenvalue weighted by molar-refractivity contribution is -0.192. The average Bonchev–Trinajstić information content (AvgIpc) is 3.19. The minimum atomic E-state index is -5.08. The number of aromatic carboxylic acids is 1. The van der Waals surface area contributed by atoms with Gasteiger partial charge in [-0.1, -0.05) is 32.9 Å². The van der Waals surface area contributed by atoms with Gasteiger partial charge in [-0.2, -0.15) is 13.2 Å². The van der Waals surface area contributed by atoms with E-state index in [0.717, 1.165) is 44.8 Å². The van der Waals surface area contributed by atoms with Gasteiger partial charge in [0.25, 0.3) is 0 Å². The van der Waals surface area contributed by atoms with Crippen molar-refractivity contribution in [3.05, 3.63) is 51.5 Å². The van der Waals surface area contributed by atoms with Gasteiger partial charge in [0.15, 0.2) is 0 Å². The second-order valence-corrected chi connectivity index (χ2v) is 9.61. The molecular formula is C22H28F3N3O4S. The molecule has 2 N–H and O–H groups in total. The molecule has 0 saturated carbocycles. The second-order valence-electron chi connectivity index (χ2n) is 8.75. The minimum absolute atomic E-state index is 0.123. The van der Waals surface area contributed by atoms with Crippen LogP contribution in [0, 0.1) is 0 Å². The van der Waals surface area contributed by atoms with Gasteiger partial charge in [0.2, 0.25) is 0 Å². The van der Waals surface area contributed by atoms with Crippen LogP contribution in [-0.4, -0.2) is 69.3 Å². The number of piperazine rings is 1. The topological polar surface area (TPSA) is 94.0 Å². The third kappa shape index (κ3) is 8.75. The van der Waals surface area contributed by atoms with E-state index in [1.54, 1.807) is 23.5 Å². The Bertz CT molecular complexity index is 932. The number of halogens is 3. The summed E-state index contributed by atoms with van der Waals surface area (Å²) < 4.78 is 31.7. The van der Waals surface area contributed by atoms with Crippen LogP contribution in [0.1, 0.15) is 47.4 Å². The maximum atomic E-state index is 10.9. The molecule has 0 bridgehead atoms. The van der Waals surface area contributed by atoms with Crippen LogP contribution in [0.25, 0.3) is 0 Å². The van der Waals surface area contributed by atoms with Crippen molar-refractivity contribution in [2.75, 3.05) is 26.2 Å². The van der Waals surface area contributed by atoms with Gasteiger partial charge in [-0.25, -0.2) is 14.6 Å². The van der Waals surface area contributed by atoms with Crippen LogP contribution in [0.5, 0.6) is 0 Å². The van der Waals surface area contributed by atoms with Crippen molar-refractivity contribution in [1.82, 2.24) is 14.8 Å². The zero-order valence-electron chi connectivity index (χ0n) is 18.7. The van der Waals surface area contributed by atoms with Crippen LogP contribution >= 0.6 is 11.3 Å². The van der Waals surface area contributed by atoms with Crippen molar-refractivity contribution < 1.29 is 33.0 Å². The van der Waals surface area contributed by atoms with E-state index in [9.17, 15) is 18.0 Å². The molecule has 1 aliphatic heterocycles. The van der Waals surface area contributed by atoms with Gasteiger partial charge in [-0.3, -0.25) is 9.80 Å². The predicted octanol–water partition coefficient (Wildman–Crippen LogP) is 4.09. The minimum Gasteiger partial charge on any atom is -0.478 e. The number of carbonyl (C=O) groups is 2. The number of thiazole rings is 1. The van der Waals surface area contributed by atoms with Gasteiger partial charge in [-0.05, 0) is 17.7 Å². The zero-order valence-corrected chi connectivity index (χ0v) is 19.5. The summed E-state index contributed by atoms with van der Waals surface area (Å²) in [6.07, 6.45) is -5.08. The predicted molar refractivity (Wildman–Crippen MR) is 118 cm³/mol. The molecule has 1 aromatic carbocycles. The summed E-state index contributed by atoms with van der Waals surface area (Å²) in [5.41, 5.74) is 2.81. The maximum Gasteiger partial charge on any atom is 0.490 e. The van der Waals surface area contributed by atoms with Crippen LogP contribution in [0.3, 0.4) is 0 Å². The van der Waals surface area contributed by atoms with Crippen LogP contribution in [-0.2, 0) is 23.3 Å². The van der Waals surface area contributed by atoms with Crippen LogP contribution in [0.4, 0.5) is 13.2 Å². The number of aromatic nitrogens is 1. The molecule has 1 saturated heterocycles. The highest BCUT2D eigenvalue weighted by Gasteiger charge is 2.38. The van der Waals surface area contributed by atoms with Crippen LogP contribution in [0.2, 0.25) is 0 Å². The molecule has 0 unspecified atom stereocenters. The lowest BCUT2D eigenvalue weighted by Gasteiger charge is -2.34. The van der Waals surface area contributed by atoms with Crippen molar-refractivity contribution in [1.29, 1.82) is 0 Å². The Labute approximate surface area is 194 Å². The van der Waals surface area contributed by atoms with E-state index in [0.29, 0.717) is 5.56 Å². The molecule has 7 nitrogen and oxygen atoms in total. The van der Waals surface area contributed by atoms with Gasteiger partial charge < -0.3 is 10.2 Å². The number of carboxylic acid groups (broad SMARTS) is 2. The molecule has 0 amide bonds. The maximum absolute atomic E-state index is 10.9. The molecular weight excluding hydrogens is 459 g/mol. The largest absolute Gasteiger partial charge is 0.490 e. The molecule has 1 aliphatic rings. The number of hydrogen-bond acceptors (Lipinski definition) is 6. The summed E-state index contributed by atoms with van der Waals surface area (Å²) >= 11 is 1.76. The molecule has 1 fully saturated rings. The molecule has 0 aliphatic carbocycles. The summed E-state index contributed by atoms with van der Waals surface area (Å²) in [5.74, 6) is -3.63. The van der Waals surface area contributed by atoms with Gasteiger partial charge in [0, 0.05) is 50.1 Å². The third-order valence-electron chi connectivity index (χ3n) is 4.89. The molecule has 2 heterocycles. The number of alkyl halides is 3. The van der Waals surface area contributed by atoms with Gasteiger partial charge >= 0.3 is 18.1 Å². The Hall–Kier alpha value is -2.50. The first-order valence-electron chi connectivity index (χ1n) is 10.3. The lowest BCUT2D eigenvalue weighted by Crippen LogP contribution is -2.45. The lowest BCUT2D eigenvalue weighted by atomic mass is 9.98. The molecule has 0 atom stereocenters. The SMILES string of the molecule is CC(C)(C)c1nc(CN2CCN(Cc3ccc(C(=O)O)cc3)CC2)cs1.O=C(O)C(F)(F)F. The number of benzene rings is 1. The normalized spacial score (nSPS) is 15.6. The fourth-order valence-electron chi connectivity index (χ4n) is 3.07. The molecule has 33 heavy (non-hydrogen) atoms. The van der Waals surface area contributed by atoms with E-state index in [2.05, 4.69) is 36.0 Å². The highest BCUT2D eigenvalue weighted by atomic mass is 32.1. The molecule has 0 radical (unpaired) electrons. The molecule has 1 aromatic heterocycles. The van der Waals surface area contributed by atoms with Gasteiger partial charge in [0.05, 0.1) is 16.3 Å². The third-order valence-corrected chi connectivity index (χ3v) is 6.21. The Kier molecular flexibility index (Phi) is 8.98. The van der Waals surface area contributed by atoms with Crippen molar-refractivity contribution >= 4 is 23.3 Å². The first-order valence-corrected chi connectivity index (χ1v) is 11.2. The van der Waals surface area contributed by atoms with E-state index >= 15 is 0 Å². The fraction of sp³-hybridized carbons (Fsp3) is 0.500. The summed E-state index contributed by atoms with van der Waals surface area (Å²) in [6.45, 7) is 12.5.